The van der Waals surface area contributed by atoms with E-state index in [0.29, 0.717) is 6.54 Å². The van der Waals surface area contributed by atoms with Gasteiger partial charge in [0.2, 0.25) is 0 Å². The van der Waals surface area contributed by atoms with Crippen LogP contribution in [0.5, 0.6) is 0 Å². The normalized spacial score (nSPS) is 12.4. The van der Waals surface area contributed by atoms with Crippen LogP contribution in [0.2, 0.25) is 0 Å². The molecule has 0 aliphatic carbocycles. The lowest BCUT2D eigenvalue weighted by atomic mass is 9.99. The van der Waals surface area contributed by atoms with Crippen LogP contribution in [0.3, 0.4) is 0 Å². The van der Waals surface area contributed by atoms with Crippen LogP contribution in [0.15, 0.2) is 53.0 Å². The highest BCUT2D eigenvalue weighted by atomic mass is 79.9. The highest BCUT2D eigenvalue weighted by molar-refractivity contribution is 9.10. The molecule has 88 valence electrons. The van der Waals surface area contributed by atoms with E-state index in [9.17, 15) is 0 Å². The molecule has 0 saturated carbocycles. The topological polar surface area (TPSA) is 52.0 Å². The van der Waals surface area contributed by atoms with Crippen LogP contribution in [0.25, 0.3) is 0 Å². The van der Waals surface area contributed by atoms with Gasteiger partial charge in [0.1, 0.15) is 0 Å². The third-order valence-electron chi connectivity index (χ3n) is 2.80. The molecule has 0 aromatic heterocycles. The standard InChI is InChI=1S/C14H15BrN2/c15-13-7-5-12(6-8-13)14(17)11-3-1-10(9-16)2-4-11/h1-8,14H,9,16-17H2. The zero-order chi connectivity index (χ0) is 12.3. The van der Waals surface area contributed by atoms with E-state index >= 15 is 0 Å². The van der Waals surface area contributed by atoms with Gasteiger partial charge < -0.3 is 11.5 Å². The maximum absolute atomic E-state index is 6.21. The molecule has 2 aromatic rings. The Hall–Kier alpha value is -1.16. The van der Waals surface area contributed by atoms with E-state index in [1.807, 2.05) is 48.5 Å². The van der Waals surface area contributed by atoms with E-state index in [0.717, 1.165) is 21.2 Å². The summed E-state index contributed by atoms with van der Waals surface area (Å²) in [6, 6.07) is 16.1. The predicted molar refractivity (Wildman–Crippen MR) is 74.5 cm³/mol. The Bertz CT molecular complexity index is 477. The van der Waals surface area contributed by atoms with Crippen LogP contribution in [0.1, 0.15) is 22.7 Å². The fraction of sp³-hybridized carbons (Fsp3) is 0.143. The Labute approximate surface area is 110 Å². The van der Waals surface area contributed by atoms with E-state index < -0.39 is 0 Å². The van der Waals surface area contributed by atoms with Crippen molar-refractivity contribution in [1.29, 1.82) is 0 Å². The molecule has 0 spiro atoms. The van der Waals surface area contributed by atoms with Gasteiger partial charge in [0.05, 0.1) is 6.04 Å². The summed E-state index contributed by atoms with van der Waals surface area (Å²) < 4.78 is 1.06. The molecular weight excluding hydrogens is 276 g/mol. The molecule has 1 unspecified atom stereocenters. The summed E-state index contributed by atoms with van der Waals surface area (Å²) in [6.45, 7) is 0.563. The average Bonchev–Trinajstić information content (AvgIpc) is 2.39. The van der Waals surface area contributed by atoms with Gasteiger partial charge in [0.25, 0.3) is 0 Å². The monoisotopic (exact) mass is 290 g/mol. The minimum Gasteiger partial charge on any atom is -0.326 e. The first kappa shape index (κ1) is 12.3. The van der Waals surface area contributed by atoms with E-state index in [2.05, 4.69) is 15.9 Å². The Morgan fingerprint density at radius 3 is 1.82 bits per heavy atom. The highest BCUT2D eigenvalue weighted by Crippen LogP contribution is 2.21. The van der Waals surface area contributed by atoms with Crippen molar-refractivity contribution in [2.75, 3.05) is 0 Å². The Balaban J connectivity index is 2.23. The molecule has 0 aliphatic rings. The second kappa shape index (κ2) is 5.45. The molecule has 2 nitrogen and oxygen atoms in total. The number of halogens is 1. The quantitative estimate of drug-likeness (QED) is 0.913. The van der Waals surface area contributed by atoms with Crippen molar-refractivity contribution in [2.24, 2.45) is 11.5 Å². The number of hydrogen-bond donors (Lipinski definition) is 2. The highest BCUT2D eigenvalue weighted by Gasteiger charge is 2.08. The fourth-order valence-electron chi connectivity index (χ4n) is 1.72. The van der Waals surface area contributed by atoms with Crippen molar-refractivity contribution in [1.82, 2.24) is 0 Å². The first-order chi connectivity index (χ1) is 8.20. The van der Waals surface area contributed by atoms with Crippen molar-refractivity contribution in [3.63, 3.8) is 0 Å². The number of benzene rings is 2. The van der Waals surface area contributed by atoms with Crippen LogP contribution < -0.4 is 11.5 Å². The number of hydrogen-bond acceptors (Lipinski definition) is 2. The molecule has 0 amide bonds. The number of rotatable bonds is 3. The zero-order valence-electron chi connectivity index (χ0n) is 9.44. The van der Waals surface area contributed by atoms with Crippen LogP contribution in [-0.2, 0) is 6.54 Å². The van der Waals surface area contributed by atoms with Gasteiger partial charge >= 0.3 is 0 Å². The zero-order valence-corrected chi connectivity index (χ0v) is 11.0. The summed E-state index contributed by atoms with van der Waals surface area (Å²) in [4.78, 5) is 0. The van der Waals surface area contributed by atoms with Gasteiger partial charge in [-0.3, -0.25) is 0 Å². The second-order valence-corrected chi connectivity index (χ2v) is 4.89. The minimum atomic E-state index is -0.0880. The fourth-order valence-corrected chi connectivity index (χ4v) is 1.99. The van der Waals surface area contributed by atoms with Gasteiger partial charge in [-0.05, 0) is 28.8 Å². The summed E-state index contributed by atoms with van der Waals surface area (Å²) in [6.07, 6.45) is 0. The van der Waals surface area contributed by atoms with Gasteiger partial charge in [0.15, 0.2) is 0 Å². The molecule has 2 aromatic carbocycles. The summed E-state index contributed by atoms with van der Waals surface area (Å²) in [5.41, 5.74) is 15.1. The minimum absolute atomic E-state index is 0.0880. The lowest BCUT2D eigenvalue weighted by molar-refractivity contribution is 0.869. The molecule has 4 N–H and O–H groups in total. The summed E-state index contributed by atoms with van der Waals surface area (Å²) >= 11 is 3.41. The van der Waals surface area contributed by atoms with Gasteiger partial charge in [0, 0.05) is 11.0 Å². The molecule has 0 bridgehead atoms. The molecule has 1 atom stereocenters. The molecule has 17 heavy (non-hydrogen) atoms. The maximum Gasteiger partial charge on any atom is 0.0551 e. The van der Waals surface area contributed by atoms with Gasteiger partial charge in [-0.2, -0.15) is 0 Å². The Morgan fingerprint density at radius 2 is 1.35 bits per heavy atom. The maximum atomic E-state index is 6.21. The molecule has 2 rings (SSSR count). The van der Waals surface area contributed by atoms with Crippen molar-refractivity contribution in [3.8, 4) is 0 Å². The third-order valence-corrected chi connectivity index (χ3v) is 3.33. The first-order valence-electron chi connectivity index (χ1n) is 5.50. The van der Waals surface area contributed by atoms with E-state index in [1.165, 1.54) is 0 Å². The number of nitrogens with two attached hydrogens (primary N) is 2. The summed E-state index contributed by atoms with van der Waals surface area (Å²) in [5, 5.41) is 0. The summed E-state index contributed by atoms with van der Waals surface area (Å²) in [7, 11) is 0. The second-order valence-electron chi connectivity index (χ2n) is 3.97. The smallest absolute Gasteiger partial charge is 0.0551 e. The van der Waals surface area contributed by atoms with Crippen molar-refractivity contribution < 1.29 is 0 Å². The third kappa shape index (κ3) is 2.94. The molecule has 0 heterocycles. The van der Waals surface area contributed by atoms with Crippen molar-refractivity contribution in [3.05, 3.63) is 69.7 Å². The molecule has 0 radical (unpaired) electrons. The van der Waals surface area contributed by atoms with E-state index in [-0.39, 0.29) is 6.04 Å². The van der Waals surface area contributed by atoms with Gasteiger partial charge in [-0.1, -0.05) is 52.3 Å². The van der Waals surface area contributed by atoms with E-state index in [4.69, 9.17) is 11.5 Å². The van der Waals surface area contributed by atoms with E-state index in [1.54, 1.807) is 0 Å². The lowest BCUT2D eigenvalue weighted by Crippen LogP contribution is -2.11. The van der Waals surface area contributed by atoms with Crippen LogP contribution >= 0.6 is 15.9 Å². The largest absolute Gasteiger partial charge is 0.326 e. The van der Waals surface area contributed by atoms with Gasteiger partial charge in [-0.15, -0.1) is 0 Å². The molecule has 3 heteroatoms. The SMILES string of the molecule is NCc1ccc(C(N)c2ccc(Br)cc2)cc1. The first-order valence-corrected chi connectivity index (χ1v) is 6.30. The van der Waals surface area contributed by atoms with Crippen molar-refractivity contribution >= 4 is 15.9 Å². The van der Waals surface area contributed by atoms with Crippen LogP contribution in [0, 0.1) is 0 Å². The van der Waals surface area contributed by atoms with Crippen molar-refractivity contribution in [2.45, 2.75) is 12.6 Å². The Kier molecular flexibility index (Phi) is 3.94. The molecular formula is C14H15BrN2. The van der Waals surface area contributed by atoms with Crippen LogP contribution in [-0.4, -0.2) is 0 Å². The molecule has 0 fully saturated rings. The van der Waals surface area contributed by atoms with Crippen LogP contribution in [0.4, 0.5) is 0 Å². The summed E-state index contributed by atoms with van der Waals surface area (Å²) in [5.74, 6) is 0. The predicted octanol–water partition coefficient (Wildman–Crippen LogP) is 2.96. The lowest BCUT2D eigenvalue weighted by Gasteiger charge is -2.13. The molecule has 0 aliphatic heterocycles. The average molecular weight is 291 g/mol. The Morgan fingerprint density at radius 1 is 0.882 bits per heavy atom. The van der Waals surface area contributed by atoms with Gasteiger partial charge in [-0.25, -0.2) is 0 Å². The molecule has 0 saturated heterocycles.